The van der Waals surface area contributed by atoms with Crippen LogP contribution in [-0.4, -0.2) is 24.3 Å². The van der Waals surface area contributed by atoms with Gasteiger partial charge in [0.05, 0.1) is 0 Å². The summed E-state index contributed by atoms with van der Waals surface area (Å²) in [6.45, 7) is 0. The molecule has 2 aromatic carbocycles. The number of hydrogen-bond donors (Lipinski definition) is 2. The second-order valence-electron chi connectivity index (χ2n) is 6.31. The number of benzene rings is 3. The van der Waals surface area contributed by atoms with Crippen LogP contribution in [0.2, 0.25) is 0 Å². The lowest BCUT2D eigenvalue weighted by Crippen LogP contribution is -2.18. The Balaban J connectivity index is 2.11. The molecule has 0 spiro atoms. The first-order valence-corrected chi connectivity index (χ1v) is 8.53. The molecule has 0 saturated heterocycles. The first-order chi connectivity index (χ1) is 13.5. The maximum Gasteiger partial charge on any atom is 0.251 e. The van der Waals surface area contributed by atoms with E-state index in [-0.39, 0.29) is 17.1 Å². The molecule has 0 atom stereocenters. The highest BCUT2D eigenvalue weighted by molar-refractivity contribution is 6.07. The highest BCUT2D eigenvalue weighted by atomic mass is 16.3. The Kier molecular flexibility index (Phi) is 4.16. The average molecular weight is 373 g/mol. The van der Waals surface area contributed by atoms with Gasteiger partial charge in [-0.15, -0.1) is 0 Å². The van der Waals surface area contributed by atoms with Crippen molar-refractivity contribution < 1.29 is 19.1 Å². The second kappa shape index (κ2) is 6.66. The van der Waals surface area contributed by atoms with E-state index in [0.29, 0.717) is 50.8 Å². The minimum atomic E-state index is -0.298. The van der Waals surface area contributed by atoms with E-state index in [1.54, 1.807) is 24.3 Å². The number of phenolic OH excluding ortho intramolecular Hbond substituents is 1. The summed E-state index contributed by atoms with van der Waals surface area (Å²) in [5.41, 5.74) is 2.78. The molecular weight excluding hydrogens is 358 g/mol. The maximum atomic E-state index is 11.9. The Morgan fingerprint density at radius 2 is 1.82 bits per heavy atom. The van der Waals surface area contributed by atoms with Gasteiger partial charge in [-0.3, -0.25) is 14.4 Å². The number of carbonyl (C=O) groups is 2. The molecule has 2 aromatic rings. The standard InChI is InChI=1S/C22H15NO5/c1-23-22(27)12-2-5-16(13(8-12)11-24)21-17-6-3-14(25)9-19(17)28-20-10-15(26)4-7-18(20)21/h2-11,25H,1H3,(H,23,27). The van der Waals surface area contributed by atoms with E-state index < -0.39 is 0 Å². The normalized spacial score (nSPS) is 10.9. The SMILES string of the molecule is CNC(=O)c1ccc(-c2c3ccc(=O)cc-3oc3cc(O)ccc23)c(C=O)c1. The third kappa shape index (κ3) is 2.81. The molecule has 28 heavy (non-hydrogen) atoms. The molecule has 0 radical (unpaired) electrons. The Bertz CT molecular complexity index is 1270. The zero-order valence-corrected chi connectivity index (χ0v) is 14.9. The fourth-order valence-corrected chi connectivity index (χ4v) is 3.32. The lowest BCUT2D eigenvalue weighted by molar-refractivity contribution is 0.0963. The summed E-state index contributed by atoms with van der Waals surface area (Å²) in [5.74, 6) is 0.0616. The van der Waals surface area contributed by atoms with Crippen LogP contribution in [0.25, 0.3) is 33.4 Å². The van der Waals surface area contributed by atoms with Gasteiger partial charge < -0.3 is 14.8 Å². The van der Waals surface area contributed by atoms with Gasteiger partial charge in [0.1, 0.15) is 17.1 Å². The molecule has 138 valence electrons. The Morgan fingerprint density at radius 1 is 1.04 bits per heavy atom. The molecule has 6 heteroatoms. The van der Waals surface area contributed by atoms with Gasteiger partial charge in [-0.25, -0.2) is 0 Å². The number of carbonyl (C=O) groups excluding carboxylic acids is 2. The monoisotopic (exact) mass is 373 g/mol. The van der Waals surface area contributed by atoms with Crippen molar-refractivity contribution in [2.45, 2.75) is 0 Å². The molecule has 1 aliphatic carbocycles. The lowest BCUT2D eigenvalue weighted by Gasteiger charge is -2.16. The van der Waals surface area contributed by atoms with Crippen molar-refractivity contribution in [3.63, 3.8) is 0 Å². The fourth-order valence-electron chi connectivity index (χ4n) is 3.32. The van der Waals surface area contributed by atoms with Crippen LogP contribution >= 0.6 is 0 Å². The molecule has 1 aliphatic heterocycles. The summed E-state index contributed by atoms with van der Waals surface area (Å²) in [7, 11) is 1.52. The van der Waals surface area contributed by atoms with Crippen LogP contribution in [-0.2, 0) is 0 Å². The predicted octanol–water partition coefficient (Wildman–Crippen LogP) is 3.44. The fraction of sp³-hybridized carbons (Fsp3) is 0.0455. The minimum absolute atomic E-state index is 0.0189. The molecule has 0 fully saturated rings. The number of nitrogens with one attached hydrogen (secondary N) is 1. The van der Waals surface area contributed by atoms with Crippen molar-refractivity contribution in [2.75, 3.05) is 7.05 Å². The number of phenols is 1. The summed E-state index contributed by atoms with van der Waals surface area (Å²) < 4.78 is 5.81. The Morgan fingerprint density at radius 3 is 2.57 bits per heavy atom. The van der Waals surface area contributed by atoms with Crippen LogP contribution in [0.4, 0.5) is 0 Å². The molecule has 2 aliphatic rings. The first kappa shape index (κ1) is 17.5. The number of hydrogen-bond acceptors (Lipinski definition) is 5. The molecule has 0 saturated carbocycles. The molecular formula is C22H15NO5. The van der Waals surface area contributed by atoms with Gasteiger partial charge in [-0.05, 0) is 42.0 Å². The summed E-state index contributed by atoms with van der Waals surface area (Å²) >= 11 is 0. The number of amides is 1. The van der Waals surface area contributed by atoms with E-state index in [1.807, 2.05) is 0 Å². The van der Waals surface area contributed by atoms with E-state index in [9.17, 15) is 19.5 Å². The van der Waals surface area contributed by atoms with Gasteiger partial charge in [0.15, 0.2) is 11.7 Å². The zero-order valence-electron chi connectivity index (χ0n) is 14.9. The van der Waals surface area contributed by atoms with Crippen molar-refractivity contribution >= 4 is 23.2 Å². The lowest BCUT2D eigenvalue weighted by atomic mass is 9.90. The van der Waals surface area contributed by atoms with E-state index in [2.05, 4.69) is 5.32 Å². The summed E-state index contributed by atoms with van der Waals surface area (Å²) in [6.07, 6.45) is 0.686. The average Bonchev–Trinajstić information content (AvgIpc) is 2.70. The molecule has 0 bridgehead atoms. The second-order valence-corrected chi connectivity index (χ2v) is 6.31. The van der Waals surface area contributed by atoms with Crippen LogP contribution in [0.15, 0.2) is 63.8 Å². The maximum absolute atomic E-state index is 11.9. The number of rotatable bonds is 3. The first-order valence-electron chi connectivity index (χ1n) is 8.53. The highest BCUT2D eigenvalue weighted by Gasteiger charge is 2.20. The molecule has 0 unspecified atom stereocenters. The summed E-state index contributed by atoms with van der Waals surface area (Å²) in [5, 5.41) is 13.0. The van der Waals surface area contributed by atoms with Gasteiger partial charge in [0, 0.05) is 46.8 Å². The van der Waals surface area contributed by atoms with Crippen molar-refractivity contribution in [2.24, 2.45) is 0 Å². The van der Waals surface area contributed by atoms with Gasteiger partial charge in [0.25, 0.3) is 5.91 Å². The van der Waals surface area contributed by atoms with Crippen LogP contribution in [0.3, 0.4) is 0 Å². The topological polar surface area (TPSA) is 96.6 Å². The summed E-state index contributed by atoms with van der Waals surface area (Å²) in [4.78, 5) is 35.5. The van der Waals surface area contributed by atoms with Crippen molar-refractivity contribution in [3.8, 4) is 28.2 Å². The highest BCUT2D eigenvalue weighted by Crippen LogP contribution is 2.41. The van der Waals surface area contributed by atoms with Crippen molar-refractivity contribution in [1.29, 1.82) is 0 Å². The smallest absolute Gasteiger partial charge is 0.251 e. The molecule has 1 heterocycles. The van der Waals surface area contributed by atoms with Crippen molar-refractivity contribution in [3.05, 3.63) is 75.9 Å². The molecule has 1 amide bonds. The van der Waals surface area contributed by atoms with Crippen LogP contribution in [0.5, 0.6) is 5.75 Å². The number of fused-ring (bicyclic) bond motifs is 2. The van der Waals surface area contributed by atoms with Crippen LogP contribution < -0.4 is 10.7 Å². The minimum Gasteiger partial charge on any atom is -0.508 e. The predicted molar refractivity (Wildman–Crippen MR) is 105 cm³/mol. The number of aromatic hydroxyl groups is 1. The van der Waals surface area contributed by atoms with E-state index in [4.69, 9.17) is 4.42 Å². The quantitative estimate of drug-likeness (QED) is 0.424. The van der Waals surface area contributed by atoms with Crippen LogP contribution in [0.1, 0.15) is 20.7 Å². The van der Waals surface area contributed by atoms with Crippen LogP contribution in [0, 0.1) is 0 Å². The van der Waals surface area contributed by atoms with Gasteiger partial charge >= 0.3 is 0 Å². The van der Waals surface area contributed by atoms with Crippen molar-refractivity contribution in [1.82, 2.24) is 5.32 Å². The van der Waals surface area contributed by atoms with E-state index in [1.165, 1.54) is 37.4 Å². The Hall–Kier alpha value is -3.93. The summed E-state index contributed by atoms with van der Waals surface area (Å²) in [6, 6.07) is 13.9. The molecule has 6 nitrogen and oxygen atoms in total. The largest absolute Gasteiger partial charge is 0.508 e. The molecule has 4 rings (SSSR count). The van der Waals surface area contributed by atoms with E-state index in [0.717, 1.165) is 0 Å². The van der Waals surface area contributed by atoms with Gasteiger partial charge in [0.2, 0.25) is 0 Å². The molecule has 2 N–H and O–H groups in total. The van der Waals surface area contributed by atoms with Gasteiger partial charge in [-0.1, -0.05) is 6.07 Å². The Labute approximate surface area is 159 Å². The number of aldehydes is 1. The van der Waals surface area contributed by atoms with Gasteiger partial charge in [-0.2, -0.15) is 0 Å². The zero-order chi connectivity index (χ0) is 19.8. The van der Waals surface area contributed by atoms with E-state index >= 15 is 0 Å². The third-order valence-electron chi connectivity index (χ3n) is 4.61. The third-order valence-corrected chi connectivity index (χ3v) is 4.61. The molecule has 0 aromatic heterocycles.